The van der Waals surface area contributed by atoms with E-state index in [1.807, 2.05) is 0 Å². The van der Waals surface area contributed by atoms with Crippen molar-refractivity contribution < 1.29 is 0 Å². The van der Waals surface area contributed by atoms with Gasteiger partial charge in [0.25, 0.3) is 0 Å². The highest BCUT2D eigenvalue weighted by Gasteiger charge is 2.23. The standard InChI is InChI=1S/C17H20IN3/c1-10-7-11(2)9-13(8-10)17-20-15(12-5-3-4-6-12)14(18)16(19)21-17/h7-9,12H,3-6H2,1-2H3,(H2,19,20,21). The quantitative estimate of drug-likeness (QED) is 0.759. The van der Waals surface area contributed by atoms with Crippen molar-refractivity contribution in [1.82, 2.24) is 9.97 Å². The van der Waals surface area contributed by atoms with Gasteiger partial charge in [-0.25, -0.2) is 9.97 Å². The number of anilines is 1. The first-order chi connectivity index (χ1) is 10.0. The molecule has 1 fully saturated rings. The van der Waals surface area contributed by atoms with Gasteiger partial charge < -0.3 is 5.73 Å². The van der Waals surface area contributed by atoms with Gasteiger partial charge in [-0.05, 0) is 61.4 Å². The number of hydrogen-bond donors (Lipinski definition) is 1. The minimum absolute atomic E-state index is 0.548. The Morgan fingerprint density at radius 2 is 1.67 bits per heavy atom. The van der Waals surface area contributed by atoms with Crippen LogP contribution in [0.5, 0.6) is 0 Å². The van der Waals surface area contributed by atoms with Gasteiger partial charge in [0.15, 0.2) is 5.82 Å². The van der Waals surface area contributed by atoms with Gasteiger partial charge in [-0.15, -0.1) is 0 Å². The van der Waals surface area contributed by atoms with Crippen LogP contribution < -0.4 is 5.73 Å². The molecule has 0 unspecified atom stereocenters. The van der Waals surface area contributed by atoms with E-state index >= 15 is 0 Å². The zero-order chi connectivity index (χ0) is 15.0. The molecule has 0 saturated heterocycles. The zero-order valence-electron chi connectivity index (χ0n) is 12.5. The van der Waals surface area contributed by atoms with Crippen LogP contribution in [0.25, 0.3) is 11.4 Å². The summed E-state index contributed by atoms with van der Waals surface area (Å²) in [5.74, 6) is 1.93. The summed E-state index contributed by atoms with van der Waals surface area (Å²) >= 11 is 2.29. The number of aromatic nitrogens is 2. The highest BCUT2D eigenvalue weighted by Crippen LogP contribution is 2.37. The molecule has 1 aliphatic carbocycles. The van der Waals surface area contributed by atoms with Gasteiger partial charge >= 0.3 is 0 Å². The smallest absolute Gasteiger partial charge is 0.161 e. The van der Waals surface area contributed by atoms with Crippen LogP contribution in [0.4, 0.5) is 5.82 Å². The van der Waals surface area contributed by atoms with Crippen molar-refractivity contribution >= 4 is 28.4 Å². The normalized spacial score (nSPS) is 15.6. The molecule has 1 aromatic carbocycles. The second kappa shape index (κ2) is 5.91. The number of hydrogen-bond acceptors (Lipinski definition) is 3. The predicted octanol–water partition coefficient (Wildman–Crippen LogP) is 4.60. The Morgan fingerprint density at radius 3 is 2.29 bits per heavy atom. The molecule has 0 radical (unpaired) electrons. The van der Waals surface area contributed by atoms with E-state index in [1.165, 1.54) is 36.8 Å². The SMILES string of the molecule is Cc1cc(C)cc(-c2nc(N)c(I)c(C3CCCC3)n2)c1. The van der Waals surface area contributed by atoms with Crippen LogP contribution in [0.1, 0.15) is 48.4 Å². The largest absolute Gasteiger partial charge is 0.383 e. The predicted molar refractivity (Wildman–Crippen MR) is 95.3 cm³/mol. The number of benzene rings is 1. The fourth-order valence-corrected chi connectivity index (χ4v) is 3.87. The number of aryl methyl sites for hydroxylation is 2. The Labute approximate surface area is 139 Å². The van der Waals surface area contributed by atoms with Crippen LogP contribution in [-0.4, -0.2) is 9.97 Å². The molecule has 21 heavy (non-hydrogen) atoms. The molecule has 1 aromatic heterocycles. The first kappa shape index (κ1) is 14.8. The maximum absolute atomic E-state index is 6.14. The summed E-state index contributed by atoms with van der Waals surface area (Å²) in [6.45, 7) is 4.20. The fourth-order valence-electron chi connectivity index (χ4n) is 3.19. The first-order valence-electron chi connectivity index (χ1n) is 7.46. The molecule has 1 saturated carbocycles. The lowest BCUT2D eigenvalue weighted by Gasteiger charge is -2.14. The van der Waals surface area contributed by atoms with E-state index in [1.54, 1.807) is 0 Å². The molecule has 1 aliphatic rings. The van der Waals surface area contributed by atoms with Gasteiger partial charge in [0.05, 0.1) is 9.26 Å². The summed E-state index contributed by atoms with van der Waals surface area (Å²) in [5.41, 5.74) is 10.8. The second-order valence-corrected chi connectivity index (χ2v) is 7.07. The average molecular weight is 393 g/mol. The molecule has 0 bridgehead atoms. The number of rotatable bonds is 2. The maximum atomic E-state index is 6.14. The van der Waals surface area contributed by atoms with E-state index in [0.29, 0.717) is 11.7 Å². The summed E-state index contributed by atoms with van der Waals surface area (Å²) in [5, 5.41) is 0. The molecule has 4 heteroatoms. The average Bonchev–Trinajstić information content (AvgIpc) is 2.94. The van der Waals surface area contributed by atoms with Crippen LogP contribution >= 0.6 is 22.6 Å². The molecular formula is C17H20IN3. The van der Waals surface area contributed by atoms with Crippen molar-refractivity contribution in [2.24, 2.45) is 0 Å². The molecule has 3 rings (SSSR count). The third-order valence-electron chi connectivity index (χ3n) is 4.12. The molecule has 0 aliphatic heterocycles. The van der Waals surface area contributed by atoms with E-state index in [-0.39, 0.29) is 0 Å². The number of nitrogen functional groups attached to an aromatic ring is 1. The van der Waals surface area contributed by atoms with Gasteiger partial charge in [0, 0.05) is 11.5 Å². The molecule has 0 amide bonds. The van der Waals surface area contributed by atoms with Gasteiger partial charge in [-0.3, -0.25) is 0 Å². The van der Waals surface area contributed by atoms with Crippen molar-refractivity contribution in [3.8, 4) is 11.4 Å². The molecule has 0 spiro atoms. The number of nitrogens with two attached hydrogens (primary N) is 1. The van der Waals surface area contributed by atoms with Gasteiger partial charge in [-0.1, -0.05) is 30.0 Å². The topological polar surface area (TPSA) is 51.8 Å². The minimum Gasteiger partial charge on any atom is -0.383 e. The van der Waals surface area contributed by atoms with E-state index in [4.69, 9.17) is 10.7 Å². The van der Waals surface area contributed by atoms with Crippen molar-refractivity contribution in [3.63, 3.8) is 0 Å². The van der Waals surface area contributed by atoms with Crippen LogP contribution in [-0.2, 0) is 0 Å². The van der Waals surface area contributed by atoms with Gasteiger partial charge in [0.1, 0.15) is 5.82 Å². The molecular weight excluding hydrogens is 373 g/mol. The van der Waals surface area contributed by atoms with E-state index in [2.05, 4.69) is 59.6 Å². The molecule has 3 nitrogen and oxygen atoms in total. The summed E-state index contributed by atoms with van der Waals surface area (Å²) in [7, 11) is 0. The van der Waals surface area contributed by atoms with Gasteiger partial charge in [-0.2, -0.15) is 0 Å². The van der Waals surface area contributed by atoms with Crippen LogP contribution in [0.3, 0.4) is 0 Å². The summed E-state index contributed by atoms with van der Waals surface area (Å²) < 4.78 is 1.03. The first-order valence-corrected chi connectivity index (χ1v) is 8.54. The Kier molecular flexibility index (Phi) is 4.15. The third kappa shape index (κ3) is 3.05. The lowest BCUT2D eigenvalue weighted by atomic mass is 10.0. The summed E-state index contributed by atoms with van der Waals surface area (Å²) in [4.78, 5) is 9.39. The van der Waals surface area contributed by atoms with Crippen LogP contribution in [0.2, 0.25) is 0 Å². The Balaban J connectivity index is 2.10. The Bertz CT molecular complexity index is 656. The monoisotopic (exact) mass is 393 g/mol. The van der Waals surface area contributed by atoms with Crippen molar-refractivity contribution in [1.29, 1.82) is 0 Å². The molecule has 0 atom stereocenters. The Hall–Kier alpha value is -1.17. The molecule has 2 N–H and O–H groups in total. The highest BCUT2D eigenvalue weighted by molar-refractivity contribution is 14.1. The van der Waals surface area contributed by atoms with Crippen molar-refractivity contribution in [2.45, 2.75) is 45.4 Å². The van der Waals surface area contributed by atoms with Crippen LogP contribution in [0, 0.1) is 17.4 Å². The van der Waals surface area contributed by atoms with E-state index in [0.717, 1.165) is 20.7 Å². The fraction of sp³-hybridized carbons (Fsp3) is 0.412. The second-order valence-electron chi connectivity index (χ2n) is 5.99. The third-order valence-corrected chi connectivity index (χ3v) is 5.23. The van der Waals surface area contributed by atoms with E-state index < -0.39 is 0 Å². The zero-order valence-corrected chi connectivity index (χ0v) is 14.6. The summed E-state index contributed by atoms with van der Waals surface area (Å²) in [6.07, 6.45) is 5.03. The molecule has 2 aromatic rings. The lowest BCUT2D eigenvalue weighted by Crippen LogP contribution is -2.08. The van der Waals surface area contributed by atoms with E-state index in [9.17, 15) is 0 Å². The summed E-state index contributed by atoms with van der Waals surface area (Å²) in [6, 6.07) is 6.43. The van der Waals surface area contributed by atoms with Crippen molar-refractivity contribution in [2.75, 3.05) is 5.73 Å². The van der Waals surface area contributed by atoms with Crippen molar-refractivity contribution in [3.05, 3.63) is 38.6 Å². The van der Waals surface area contributed by atoms with Crippen LogP contribution in [0.15, 0.2) is 18.2 Å². The highest BCUT2D eigenvalue weighted by atomic mass is 127. The lowest BCUT2D eigenvalue weighted by molar-refractivity contribution is 0.691. The Morgan fingerprint density at radius 1 is 1.05 bits per heavy atom. The van der Waals surface area contributed by atoms with Gasteiger partial charge in [0.2, 0.25) is 0 Å². The number of nitrogens with zero attached hydrogens (tertiary/aromatic N) is 2. The minimum atomic E-state index is 0.548. The maximum Gasteiger partial charge on any atom is 0.161 e. The number of halogens is 1. The molecule has 110 valence electrons. The molecule has 1 heterocycles.